The van der Waals surface area contributed by atoms with E-state index in [2.05, 4.69) is 20.6 Å². The number of ketones is 1. The second-order valence-corrected chi connectivity index (χ2v) is 8.40. The summed E-state index contributed by atoms with van der Waals surface area (Å²) in [6, 6.07) is 10.1. The van der Waals surface area contributed by atoms with Crippen molar-refractivity contribution in [2.24, 2.45) is 0 Å². The molecule has 10 heteroatoms. The van der Waals surface area contributed by atoms with Crippen LogP contribution in [0.15, 0.2) is 48.8 Å². The highest BCUT2D eigenvalue weighted by Gasteiger charge is 2.22. The maximum atomic E-state index is 13.2. The van der Waals surface area contributed by atoms with Crippen molar-refractivity contribution >= 4 is 34.9 Å². The molecular formula is C23H22ClFN4O4. The van der Waals surface area contributed by atoms with Gasteiger partial charge in [-0.3, -0.25) is 14.4 Å². The third-order valence-corrected chi connectivity index (χ3v) is 4.88. The van der Waals surface area contributed by atoms with Crippen LogP contribution in [0.1, 0.15) is 50.7 Å². The summed E-state index contributed by atoms with van der Waals surface area (Å²) in [6.07, 6.45) is 1.27. The quantitative estimate of drug-likeness (QED) is 0.374. The van der Waals surface area contributed by atoms with Crippen LogP contribution in [0, 0.1) is 5.82 Å². The van der Waals surface area contributed by atoms with Gasteiger partial charge >= 0.3 is 0 Å². The lowest BCUT2D eigenvalue weighted by atomic mass is 10.0. The molecule has 172 valence electrons. The van der Waals surface area contributed by atoms with Gasteiger partial charge in [0.15, 0.2) is 11.5 Å². The average molecular weight is 473 g/mol. The first-order valence-electron chi connectivity index (χ1n) is 9.96. The third kappa shape index (κ3) is 6.47. The van der Waals surface area contributed by atoms with Crippen LogP contribution in [0.2, 0.25) is 5.02 Å². The van der Waals surface area contributed by atoms with Crippen LogP contribution in [0.4, 0.5) is 10.1 Å². The Morgan fingerprint density at radius 2 is 1.82 bits per heavy atom. The van der Waals surface area contributed by atoms with Gasteiger partial charge < -0.3 is 20.7 Å². The first-order chi connectivity index (χ1) is 15.5. The van der Waals surface area contributed by atoms with E-state index in [1.165, 1.54) is 18.5 Å². The zero-order valence-electron chi connectivity index (χ0n) is 17.9. The monoisotopic (exact) mass is 472 g/mol. The van der Waals surface area contributed by atoms with Crippen LogP contribution in [-0.2, 0) is 6.42 Å². The largest absolute Gasteiger partial charge is 0.389 e. The number of Topliss-reactive ketones (excluding diaryl/α,β-unsaturated/α-hetero) is 1. The molecule has 0 fully saturated rings. The second-order valence-electron chi connectivity index (χ2n) is 8.00. The van der Waals surface area contributed by atoms with E-state index < -0.39 is 23.2 Å². The number of halogens is 2. The fraction of sp³-hybridized carbons (Fsp3) is 0.217. The zero-order valence-corrected chi connectivity index (χ0v) is 18.7. The third-order valence-electron chi connectivity index (χ3n) is 4.57. The highest BCUT2D eigenvalue weighted by atomic mass is 35.5. The van der Waals surface area contributed by atoms with Gasteiger partial charge in [-0.2, -0.15) is 0 Å². The van der Waals surface area contributed by atoms with Crippen molar-refractivity contribution in [1.82, 2.24) is 15.3 Å². The molecule has 0 saturated heterocycles. The molecule has 2 amide bonds. The van der Waals surface area contributed by atoms with Crippen LogP contribution in [0.25, 0.3) is 0 Å². The number of nitrogens with one attached hydrogen (secondary N) is 3. The Morgan fingerprint density at radius 1 is 1.12 bits per heavy atom. The molecule has 0 aliphatic rings. The maximum absolute atomic E-state index is 13.2. The number of aromatic amines is 1. The van der Waals surface area contributed by atoms with Crippen LogP contribution in [-0.4, -0.2) is 44.8 Å². The van der Waals surface area contributed by atoms with Gasteiger partial charge in [-0.15, -0.1) is 0 Å². The van der Waals surface area contributed by atoms with Crippen molar-refractivity contribution < 1.29 is 23.9 Å². The van der Waals surface area contributed by atoms with E-state index >= 15 is 0 Å². The van der Waals surface area contributed by atoms with E-state index in [1.807, 2.05) is 0 Å². The molecule has 0 atom stereocenters. The van der Waals surface area contributed by atoms with Gasteiger partial charge in [0, 0.05) is 24.2 Å². The zero-order chi connectivity index (χ0) is 24.2. The van der Waals surface area contributed by atoms with Crippen molar-refractivity contribution in [1.29, 1.82) is 0 Å². The van der Waals surface area contributed by atoms with Crippen LogP contribution in [0.5, 0.6) is 0 Å². The van der Waals surface area contributed by atoms with E-state index in [-0.39, 0.29) is 40.7 Å². The summed E-state index contributed by atoms with van der Waals surface area (Å²) < 4.78 is 13.2. The van der Waals surface area contributed by atoms with E-state index in [4.69, 9.17) is 11.6 Å². The summed E-state index contributed by atoms with van der Waals surface area (Å²) in [5.74, 6) is -1.97. The molecule has 0 aliphatic heterocycles. The maximum Gasteiger partial charge on any atom is 0.276 e. The highest BCUT2D eigenvalue weighted by Crippen LogP contribution is 2.20. The van der Waals surface area contributed by atoms with E-state index in [9.17, 15) is 23.9 Å². The Kier molecular flexibility index (Phi) is 7.25. The molecule has 1 heterocycles. The molecule has 0 unspecified atom stereocenters. The van der Waals surface area contributed by atoms with E-state index in [0.29, 0.717) is 11.3 Å². The Labute approximate surface area is 194 Å². The molecule has 0 spiro atoms. The summed E-state index contributed by atoms with van der Waals surface area (Å²) in [5.41, 5.74) is 0.0863. The van der Waals surface area contributed by atoms with Crippen LogP contribution >= 0.6 is 11.6 Å². The molecular weight excluding hydrogens is 451 g/mol. The van der Waals surface area contributed by atoms with Crippen molar-refractivity contribution in [3.8, 4) is 0 Å². The number of rotatable bonds is 8. The van der Waals surface area contributed by atoms with Gasteiger partial charge in [0.25, 0.3) is 11.8 Å². The minimum atomic E-state index is -1.11. The number of anilines is 1. The first-order valence-corrected chi connectivity index (χ1v) is 10.3. The molecule has 8 nitrogen and oxygen atoms in total. The molecule has 1 aromatic heterocycles. The topological polar surface area (TPSA) is 124 Å². The second kappa shape index (κ2) is 9.93. The number of carbonyl (C=O) groups excluding carboxylic acids is 3. The Balaban J connectivity index is 1.63. The Hall–Kier alpha value is -3.56. The van der Waals surface area contributed by atoms with Gasteiger partial charge in [0.05, 0.1) is 17.0 Å². The number of aromatic nitrogens is 2. The molecule has 2 aromatic carbocycles. The minimum Gasteiger partial charge on any atom is -0.389 e. The lowest BCUT2D eigenvalue weighted by Gasteiger charge is -2.17. The molecule has 33 heavy (non-hydrogen) atoms. The summed E-state index contributed by atoms with van der Waals surface area (Å²) in [7, 11) is 0. The summed E-state index contributed by atoms with van der Waals surface area (Å²) >= 11 is 5.94. The molecule has 3 rings (SSSR count). The van der Waals surface area contributed by atoms with Gasteiger partial charge in [0.1, 0.15) is 11.5 Å². The number of imidazole rings is 1. The van der Waals surface area contributed by atoms with E-state index in [1.54, 1.807) is 38.1 Å². The number of hydrogen-bond acceptors (Lipinski definition) is 5. The van der Waals surface area contributed by atoms with Gasteiger partial charge in [-0.05, 0) is 49.7 Å². The molecule has 3 aromatic rings. The average Bonchev–Trinajstić information content (AvgIpc) is 3.23. The number of aliphatic hydroxyl groups is 1. The SMILES string of the molecule is CC(C)(O)CNC(=O)c1[nH]cnc1C(=O)Nc1ccc(CC(=O)c2ccc(F)cc2Cl)cc1. The molecule has 4 N–H and O–H groups in total. The smallest absolute Gasteiger partial charge is 0.276 e. The first kappa shape index (κ1) is 24.1. The van der Waals surface area contributed by atoms with E-state index in [0.717, 1.165) is 6.07 Å². The molecule has 0 radical (unpaired) electrons. The number of nitrogens with zero attached hydrogens (tertiary/aromatic N) is 1. The van der Waals surface area contributed by atoms with Gasteiger partial charge in [-0.1, -0.05) is 23.7 Å². The predicted octanol–water partition coefficient (Wildman–Crippen LogP) is 3.38. The van der Waals surface area contributed by atoms with Crippen molar-refractivity contribution in [2.75, 3.05) is 11.9 Å². The fourth-order valence-electron chi connectivity index (χ4n) is 2.92. The number of hydrogen-bond donors (Lipinski definition) is 4. The van der Waals surface area contributed by atoms with Crippen molar-refractivity contribution in [2.45, 2.75) is 25.9 Å². The van der Waals surface area contributed by atoms with Gasteiger partial charge in [-0.25, -0.2) is 9.37 Å². The van der Waals surface area contributed by atoms with Crippen LogP contribution in [0.3, 0.4) is 0 Å². The number of carbonyl (C=O) groups is 3. The van der Waals surface area contributed by atoms with Gasteiger partial charge in [0.2, 0.25) is 0 Å². The normalized spacial score (nSPS) is 11.2. The lowest BCUT2D eigenvalue weighted by Crippen LogP contribution is -2.38. The number of benzene rings is 2. The fourth-order valence-corrected chi connectivity index (χ4v) is 3.19. The lowest BCUT2D eigenvalue weighted by molar-refractivity contribution is 0.0691. The van der Waals surface area contributed by atoms with Crippen LogP contribution < -0.4 is 10.6 Å². The number of amides is 2. The van der Waals surface area contributed by atoms with Crippen molar-refractivity contribution in [3.05, 3.63) is 82.1 Å². The highest BCUT2D eigenvalue weighted by molar-refractivity contribution is 6.34. The minimum absolute atomic E-state index is 0.00473. The Morgan fingerprint density at radius 3 is 2.45 bits per heavy atom. The summed E-state index contributed by atoms with van der Waals surface area (Å²) in [4.78, 5) is 43.9. The molecule has 0 saturated carbocycles. The number of H-pyrrole nitrogens is 1. The summed E-state index contributed by atoms with van der Waals surface area (Å²) in [6.45, 7) is 3.08. The Bertz CT molecular complexity index is 1190. The predicted molar refractivity (Wildman–Crippen MR) is 121 cm³/mol. The summed E-state index contributed by atoms with van der Waals surface area (Å²) in [5, 5.41) is 15.0. The molecule has 0 bridgehead atoms. The standard InChI is InChI=1S/C23H22ClFN4O4/c1-23(2,33)11-26-21(31)19-20(28-12-27-19)22(32)29-15-6-3-13(4-7-15)9-18(30)16-8-5-14(25)10-17(16)24/h3-8,10,12,33H,9,11H2,1-2H3,(H,26,31)(H,27,28)(H,29,32). The van der Waals surface area contributed by atoms with Crippen molar-refractivity contribution in [3.63, 3.8) is 0 Å². The molecule has 0 aliphatic carbocycles.